The Balaban J connectivity index is 2.74. The van der Waals surface area contributed by atoms with Crippen molar-refractivity contribution in [3.63, 3.8) is 0 Å². The van der Waals surface area contributed by atoms with Crippen LogP contribution in [0.25, 0.3) is 0 Å². The van der Waals surface area contributed by atoms with E-state index in [-0.39, 0.29) is 36.0 Å². The summed E-state index contributed by atoms with van der Waals surface area (Å²) >= 11 is 0. The summed E-state index contributed by atoms with van der Waals surface area (Å²) < 4.78 is 24.2. The van der Waals surface area contributed by atoms with Gasteiger partial charge in [-0.05, 0) is 25.1 Å². The third-order valence-corrected chi connectivity index (χ3v) is 4.66. The maximum atomic E-state index is 12.1. The summed E-state index contributed by atoms with van der Waals surface area (Å²) in [6.07, 6.45) is 0. The van der Waals surface area contributed by atoms with Crippen LogP contribution in [-0.4, -0.2) is 49.7 Å². The van der Waals surface area contributed by atoms with Crippen LogP contribution in [0.5, 0.6) is 0 Å². The van der Waals surface area contributed by atoms with E-state index in [1.54, 1.807) is 6.92 Å². The van der Waals surface area contributed by atoms with Crippen molar-refractivity contribution in [2.45, 2.75) is 17.4 Å². The Labute approximate surface area is 118 Å². The first-order valence-electron chi connectivity index (χ1n) is 6.06. The van der Waals surface area contributed by atoms with Crippen molar-refractivity contribution in [3.8, 4) is 6.07 Å². The number of hydrogen-bond acceptors (Lipinski definition) is 6. The van der Waals surface area contributed by atoms with Crippen molar-refractivity contribution in [1.82, 2.24) is 5.32 Å². The van der Waals surface area contributed by atoms with Crippen molar-refractivity contribution in [1.29, 1.82) is 5.26 Å². The first kappa shape index (κ1) is 16.6. The van der Waals surface area contributed by atoms with Crippen molar-refractivity contribution < 1.29 is 18.6 Å². The van der Waals surface area contributed by atoms with Crippen molar-refractivity contribution in [3.05, 3.63) is 29.8 Å². The van der Waals surface area contributed by atoms with Gasteiger partial charge in [0.1, 0.15) is 0 Å². The van der Waals surface area contributed by atoms with Gasteiger partial charge in [0.2, 0.25) is 0 Å². The summed E-state index contributed by atoms with van der Waals surface area (Å²) in [6.45, 7) is 1.09. The number of nitrogens with zero attached hydrogens (tertiary/aromatic N) is 1. The number of hydrogen-bond donors (Lipinski definition) is 3. The van der Waals surface area contributed by atoms with Gasteiger partial charge in [-0.1, -0.05) is 6.07 Å². The lowest BCUT2D eigenvalue weighted by molar-refractivity contribution is 0.106. The highest BCUT2D eigenvalue weighted by Crippen LogP contribution is 2.13. The number of sulfone groups is 1. The molecule has 0 amide bonds. The van der Waals surface area contributed by atoms with Crippen LogP contribution < -0.4 is 5.32 Å². The third kappa shape index (κ3) is 4.28. The van der Waals surface area contributed by atoms with E-state index in [1.807, 2.05) is 6.07 Å². The fourth-order valence-corrected chi connectivity index (χ4v) is 2.72. The van der Waals surface area contributed by atoms with E-state index >= 15 is 0 Å². The molecule has 0 saturated carbocycles. The van der Waals surface area contributed by atoms with Gasteiger partial charge in [-0.3, -0.25) is 0 Å². The molecule has 110 valence electrons. The normalized spacial score (nSPS) is 12.1. The molecule has 0 aromatic heterocycles. The quantitative estimate of drug-likeness (QED) is 0.635. The summed E-state index contributed by atoms with van der Waals surface area (Å²) in [6, 6.07) is 7.71. The monoisotopic (exact) mass is 298 g/mol. The van der Waals surface area contributed by atoms with Gasteiger partial charge in [0.15, 0.2) is 9.84 Å². The molecule has 0 aliphatic carbocycles. The topological polar surface area (TPSA) is 110 Å². The molecule has 0 spiro atoms. The van der Waals surface area contributed by atoms with Gasteiger partial charge < -0.3 is 15.5 Å². The number of nitriles is 1. The third-order valence-electron chi connectivity index (χ3n) is 2.94. The highest BCUT2D eigenvalue weighted by atomic mass is 32.2. The maximum absolute atomic E-state index is 12.1. The van der Waals surface area contributed by atoms with Crippen LogP contribution in [0.1, 0.15) is 12.5 Å². The number of aliphatic hydroxyl groups excluding tert-OH is 2. The van der Waals surface area contributed by atoms with Crippen molar-refractivity contribution >= 4 is 9.84 Å². The average molecular weight is 298 g/mol. The zero-order valence-electron chi connectivity index (χ0n) is 11.2. The molecular formula is C13H18N2O4S. The molecule has 0 heterocycles. The molecule has 0 unspecified atom stereocenters. The Bertz CT molecular complexity index is 589. The first-order chi connectivity index (χ1) is 9.37. The SMILES string of the molecule is CC(CO)(CO)NCCS(=O)(=O)c1cccc(C#N)c1. The van der Waals surface area contributed by atoms with Crippen molar-refractivity contribution in [2.75, 3.05) is 25.5 Å². The molecule has 3 N–H and O–H groups in total. The fraction of sp³-hybridized carbons (Fsp3) is 0.462. The maximum Gasteiger partial charge on any atom is 0.179 e. The number of rotatable bonds is 7. The Hall–Kier alpha value is -1.46. The predicted octanol–water partition coefficient (Wildman–Crippen LogP) is -0.335. The lowest BCUT2D eigenvalue weighted by atomic mass is 10.1. The van der Waals surface area contributed by atoms with E-state index in [9.17, 15) is 8.42 Å². The van der Waals surface area contributed by atoms with E-state index in [0.29, 0.717) is 0 Å². The molecule has 0 aliphatic heterocycles. The minimum atomic E-state index is -3.51. The lowest BCUT2D eigenvalue weighted by Gasteiger charge is -2.26. The predicted molar refractivity (Wildman–Crippen MR) is 73.8 cm³/mol. The highest BCUT2D eigenvalue weighted by molar-refractivity contribution is 7.91. The average Bonchev–Trinajstić information content (AvgIpc) is 2.47. The zero-order chi connectivity index (χ0) is 15.2. The van der Waals surface area contributed by atoms with Crippen LogP contribution in [-0.2, 0) is 9.84 Å². The molecule has 0 aliphatic rings. The van der Waals surface area contributed by atoms with E-state index in [1.165, 1.54) is 24.3 Å². The first-order valence-corrected chi connectivity index (χ1v) is 7.72. The Kier molecular flexibility index (Phi) is 5.65. The van der Waals surface area contributed by atoms with Crippen LogP contribution in [0.3, 0.4) is 0 Å². The Morgan fingerprint density at radius 3 is 2.55 bits per heavy atom. The van der Waals surface area contributed by atoms with Gasteiger partial charge in [-0.25, -0.2) is 8.42 Å². The minimum absolute atomic E-state index is 0.0908. The molecular weight excluding hydrogens is 280 g/mol. The van der Waals surface area contributed by atoms with Gasteiger partial charge in [0.25, 0.3) is 0 Å². The summed E-state index contributed by atoms with van der Waals surface area (Å²) in [5.74, 6) is -0.183. The molecule has 0 radical (unpaired) electrons. The Morgan fingerprint density at radius 1 is 1.35 bits per heavy atom. The Morgan fingerprint density at radius 2 is 2.00 bits per heavy atom. The molecule has 0 fully saturated rings. The van der Waals surface area contributed by atoms with Gasteiger partial charge in [-0.15, -0.1) is 0 Å². The van der Waals surface area contributed by atoms with Gasteiger partial charge in [0.05, 0.1) is 41.0 Å². The number of nitrogens with one attached hydrogen (secondary N) is 1. The van der Waals surface area contributed by atoms with E-state index < -0.39 is 15.4 Å². The molecule has 7 heteroatoms. The summed E-state index contributed by atoms with van der Waals surface area (Å²) in [7, 11) is -3.51. The largest absolute Gasteiger partial charge is 0.394 e. The van der Waals surface area contributed by atoms with E-state index in [2.05, 4.69) is 5.32 Å². The van der Waals surface area contributed by atoms with Gasteiger partial charge >= 0.3 is 0 Å². The van der Waals surface area contributed by atoms with Crippen LogP contribution in [0.2, 0.25) is 0 Å². The van der Waals surface area contributed by atoms with Crippen LogP contribution >= 0.6 is 0 Å². The second-order valence-electron chi connectivity index (χ2n) is 4.76. The molecule has 1 aromatic rings. The molecule has 0 bridgehead atoms. The number of benzene rings is 1. The smallest absolute Gasteiger partial charge is 0.179 e. The molecule has 0 saturated heterocycles. The van der Waals surface area contributed by atoms with Crippen molar-refractivity contribution in [2.24, 2.45) is 0 Å². The fourth-order valence-electron chi connectivity index (χ4n) is 1.53. The zero-order valence-corrected chi connectivity index (χ0v) is 12.0. The standard InChI is InChI=1S/C13H18N2O4S/c1-13(9-16,10-17)15-5-6-20(18,19)12-4-2-3-11(7-12)8-14/h2-4,7,15-17H,5-6,9-10H2,1H3. The molecule has 1 aromatic carbocycles. The summed E-state index contributed by atoms with van der Waals surface area (Å²) in [4.78, 5) is 0.0908. The summed E-state index contributed by atoms with van der Waals surface area (Å²) in [5.41, 5.74) is -0.626. The second-order valence-corrected chi connectivity index (χ2v) is 6.87. The van der Waals surface area contributed by atoms with Crippen LogP contribution in [0.15, 0.2) is 29.2 Å². The molecule has 6 nitrogen and oxygen atoms in total. The lowest BCUT2D eigenvalue weighted by Crippen LogP contribution is -2.50. The van der Waals surface area contributed by atoms with E-state index in [0.717, 1.165) is 0 Å². The molecule has 1 rings (SSSR count). The minimum Gasteiger partial charge on any atom is -0.394 e. The van der Waals surface area contributed by atoms with Gasteiger partial charge in [-0.2, -0.15) is 5.26 Å². The highest BCUT2D eigenvalue weighted by Gasteiger charge is 2.23. The van der Waals surface area contributed by atoms with Gasteiger partial charge in [0, 0.05) is 6.54 Å². The molecule has 20 heavy (non-hydrogen) atoms. The molecule has 0 atom stereocenters. The van der Waals surface area contributed by atoms with E-state index in [4.69, 9.17) is 15.5 Å². The van der Waals surface area contributed by atoms with Crippen LogP contribution in [0, 0.1) is 11.3 Å². The van der Waals surface area contributed by atoms with Crippen LogP contribution in [0.4, 0.5) is 0 Å². The second kappa shape index (κ2) is 6.81. The number of aliphatic hydroxyl groups is 2. The summed E-state index contributed by atoms with van der Waals surface area (Å²) in [5, 5.41) is 29.8.